The molecular formula is C22H24N6. The highest BCUT2D eigenvalue weighted by atomic mass is 15.2. The molecule has 1 aromatic carbocycles. The fourth-order valence-corrected chi connectivity index (χ4v) is 3.31. The van der Waals surface area contributed by atoms with E-state index in [4.69, 9.17) is 4.98 Å². The molecule has 0 atom stereocenters. The maximum atomic E-state index is 4.71. The van der Waals surface area contributed by atoms with Gasteiger partial charge in [-0.1, -0.05) is 43.7 Å². The molecule has 0 saturated carbocycles. The Balaban J connectivity index is 1.52. The van der Waals surface area contributed by atoms with Crippen LogP contribution in [0, 0.1) is 0 Å². The summed E-state index contributed by atoms with van der Waals surface area (Å²) in [5, 5.41) is 7.40. The van der Waals surface area contributed by atoms with Gasteiger partial charge in [-0.3, -0.25) is 10.1 Å². The monoisotopic (exact) mass is 372 g/mol. The van der Waals surface area contributed by atoms with E-state index in [-0.39, 0.29) is 0 Å². The summed E-state index contributed by atoms with van der Waals surface area (Å²) in [5.41, 5.74) is 4.52. The van der Waals surface area contributed by atoms with Crippen LogP contribution < -0.4 is 0 Å². The second-order valence-corrected chi connectivity index (χ2v) is 6.79. The Morgan fingerprint density at radius 1 is 0.964 bits per heavy atom. The Bertz CT molecular complexity index is 1000. The zero-order chi connectivity index (χ0) is 19.2. The number of H-pyrrole nitrogens is 1. The van der Waals surface area contributed by atoms with Crippen molar-refractivity contribution in [1.82, 2.24) is 29.7 Å². The van der Waals surface area contributed by atoms with Crippen LogP contribution in [0.5, 0.6) is 0 Å². The number of aryl methyl sites for hydroxylation is 2. The summed E-state index contributed by atoms with van der Waals surface area (Å²) in [6, 6.07) is 14.2. The van der Waals surface area contributed by atoms with E-state index >= 15 is 0 Å². The largest absolute Gasteiger partial charge is 0.334 e. The molecule has 6 heteroatoms. The Morgan fingerprint density at radius 2 is 1.79 bits per heavy atom. The standard InChI is InChI=1S/C22H24N6/c1-2-3-9-19-21(17-7-5-4-6-8-17)24-16-28(19)15-12-20-25-22(27-26-20)18-10-13-23-14-11-18/h4-8,10-11,13-14,16H,2-3,9,12,15H2,1H3,(H,25,26,27). The highest BCUT2D eigenvalue weighted by molar-refractivity contribution is 5.61. The third kappa shape index (κ3) is 4.01. The topological polar surface area (TPSA) is 72.3 Å². The number of imidazole rings is 1. The van der Waals surface area contributed by atoms with Crippen molar-refractivity contribution >= 4 is 0 Å². The summed E-state index contributed by atoms with van der Waals surface area (Å²) in [5.74, 6) is 1.59. The maximum absolute atomic E-state index is 4.71. The normalized spacial score (nSPS) is 11.0. The lowest BCUT2D eigenvalue weighted by Crippen LogP contribution is -2.06. The highest BCUT2D eigenvalue weighted by Crippen LogP contribution is 2.24. The smallest absolute Gasteiger partial charge is 0.181 e. The predicted molar refractivity (Wildman–Crippen MR) is 110 cm³/mol. The minimum atomic E-state index is 0.708. The fraction of sp³-hybridized carbons (Fsp3) is 0.273. The SMILES string of the molecule is CCCCc1c(-c2ccccc2)ncn1CCc1nc(-c2ccncc2)n[nH]1. The van der Waals surface area contributed by atoms with Crippen LogP contribution in [0.4, 0.5) is 0 Å². The number of aromatic amines is 1. The molecule has 3 heterocycles. The molecule has 0 bridgehead atoms. The van der Waals surface area contributed by atoms with Crippen molar-refractivity contribution in [2.75, 3.05) is 0 Å². The Kier molecular flexibility index (Phi) is 5.56. The van der Waals surface area contributed by atoms with Crippen LogP contribution in [0.1, 0.15) is 31.3 Å². The lowest BCUT2D eigenvalue weighted by Gasteiger charge is -2.09. The van der Waals surface area contributed by atoms with E-state index in [1.54, 1.807) is 12.4 Å². The fourth-order valence-electron chi connectivity index (χ4n) is 3.31. The predicted octanol–water partition coefficient (Wildman–Crippen LogP) is 4.32. The van der Waals surface area contributed by atoms with Crippen molar-refractivity contribution in [3.8, 4) is 22.6 Å². The summed E-state index contributed by atoms with van der Waals surface area (Å²) in [7, 11) is 0. The molecule has 28 heavy (non-hydrogen) atoms. The van der Waals surface area contributed by atoms with E-state index in [1.165, 1.54) is 11.3 Å². The summed E-state index contributed by atoms with van der Waals surface area (Å²) in [6.45, 7) is 3.04. The van der Waals surface area contributed by atoms with Crippen LogP contribution in [0.2, 0.25) is 0 Å². The molecule has 0 aliphatic rings. The second kappa shape index (κ2) is 8.61. The summed E-state index contributed by atoms with van der Waals surface area (Å²) >= 11 is 0. The Hall–Kier alpha value is -3.28. The van der Waals surface area contributed by atoms with Gasteiger partial charge in [-0.2, -0.15) is 5.10 Å². The summed E-state index contributed by atoms with van der Waals surface area (Å²) < 4.78 is 2.26. The van der Waals surface area contributed by atoms with Crippen molar-refractivity contribution < 1.29 is 0 Å². The maximum Gasteiger partial charge on any atom is 0.181 e. The van der Waals surface area contributed by atoms with E-state index in [0.29, 0.717) is 5.82 Å². The van der Waals surface area contributed by atoms with Crippen LogP contribution in [-0.4, -0.2) is 29.7 Å². The zero-order valence-corrected chi connectivity index (χ0v) is 16.0. The minimum absolute atomic E-state index is 0.708. The van der Waals surface area contributed by atoms with Crippen LogP contribution in [-0.2, 0) is 19.4 Å². The van der Waals surface area contributed by atoms with Crippen molar-refractivity contribution in [2.24, 2.45) is 0 Å². The molecule has 6 nitrogen and oxygen atoms in total. The van der Waals surface area contributed by atoms with Crippen molar-refractivity contribution in [1.29, 1.82) is 0 Å². The van der Waals surface area contributed by atoms with Crippen LogP contribution >= 0.6 is 0 Å². The number of pyridine rings is 1. The molecule has 4 rings (SSSR count). The molecule has 0 aliphatic carbocycles. The highest BCUT2D eigenvalue weighted by Gasteiger charge is 2.13. The molecule has 0 unspecified atom stereocenters. The first kappa shape index (κ1) is 18.1. The number of rotatable bonds is 8. The number of nitrogens with zero attached hydrogens (tertiary/aromatic N) is 5. The number of benzene rings is 1. The van der Waals surface area contributed by atoms with Gasteiger partial charge in [0, 0.05) is 42.2 Å². The zero-order valence-electron chi connectivity index (χ0n) is 16.0. The quantitative estimate of drug-likeness (QED) is 0.500. The number of hydrogen-bond donors (Lipinski definition) is 1. The lowest BCUT2D eigenvalue weighted by molar-refractivity contribution is 0.629. The molecule has 0 radical (unpaired) electrons. The number of hydrogen-bond acceptors (Lipinski definition) is 4. The molecular weight excluding hydrogens is 348 g/mol. The van der Waals surface area contributed by atoms with Gasteiger partial charge < -0.3 is 4.57 Å². The third-order valence-corrected chi connectivity index (χ3v) is 4.82. The molecule has 0 fully saturated rings. The van der Waals surface area contributed by atoms with E-state index in [0.717, 1.165) is 49.3 Å². The number of aromatic nitrogens is 6. The average molecular weight is 372 g/mol. The van der Waals surface area contributed by atoms with E-state index in [2.05, 4.69) is 55.9 Å². The Labute approximate surface area is 164 Å². The molecule has 4 aromatic rings. The van der Waals surface area contributed by atoms with E-state index in [9.17, 15) is 0 Å². The third-order valence-electron chi connectivity index (χ3n) is 4.82. The van der Waals surface area contributed by atoms with Gasteiger partial charge in [-0.05, 0) is 25.0 Å². The van der Waals surface area contributed by atoms with Gasteiger partial charge in [0.2, 0.25) is 0 Å². The van der Waals surface area contributed by atoms with Gasteiger partial charge in [-0.15, -0.1) is 0 Å². The van der Waals surface area contributed by atoms with Gasteiger partial charge in [-0.25, -0.2) is 9.97 Å². The lowest BCUT2D eigenvalue weighted by atomic mass is 10.1. The number of nitrogens with one attached hydrogen (secondary N) is 1. The van der Waals surface area contributed by atoms with Crippen LogP contribution in [0.15, 0.2) is 61.2 Å². The summed E-state index contributed by atoms with van der Waals surface area (Å²) in [6.07, 6.45) is 9.58. The first-order valence-electron chi connectivity index (χ1n) is 9.76. The van der Waals surface area contributed by atoms with Gasteiger partial charge in [0.05, 0.1) is 12.0 Å². The molecule has 142 valence electrons. The first-order valence-corrected chi connectivity index (χ1v) is 9.76. The molecule has 0 saturated heterocycles. The molecule has 3 aromatic heterocycles. The average Bonchev–Trinajstić information content (AvgIpc) is 3.39. The van der Waals surface area contributed by atoms with Crippen molar-refractivity contribution in [3.63, 3.8) is 0 Å². The second-order valence-electron chi connectivity index (χ2n) is 6.79. The van der Waals surface area contributed by atoms with Crippen LogP contribution in [0.25, 0.3) is 22.6 Å². The van der Waals surface area contributed by atoms with Gasteiger partial charge in [0.25, 0.3) is 0 Å². The molecule has 0 aliphatic heterocycles. The molecule has 0 spiro atoms. The molecule has 1 N–H and O–H groups in total. The molecule has 0 amide bonds. The van der Waals surface area contributed by atoms with E-state index in [1.807, 2.05) is 24.5 Å². The van der Waals surface area contributed by atoms with Crippen LogP contribution in [0.3, 0.4) is 0 Å². The van der Waals surface area contributed by atoms with Crippen molar-refractivity contribution in [3.05, 3.63) is 72.7 Å². The van der Waals surface area contributed by atoms with Crippen molar-refractivity contribution in [2.45, 2.75) is 39.2 Å². The van der Waals surface area contributed by atoms with E-state index < -0.39 is 0 Å². The Morgan fingerprint density at radius 3 is 2.57 bits per heavy atom. The minimum Gasteiger partial charge on any atom is -0.334 e. The van der Waals surface area contributed by atoms with Gasteiger partial charge in [0.15, 0.2) is 5.82 Å². The first-order chi connectivity index (χ1) is 13.8. The summed E-state index contributed by atoms with van der Waals surface area (Å²) in [4.78, 5) is 13.4. The van der Waals surface area contributed by atoms with Gasteiger partial charge in [0.1, 0.15) is 5.82 Å². The van der Waals surface area contributed by atoms with Gasteiger partial charge >= 0.3 is 0 Å². The number of unbranched alkanes of at least 4 members (excludes halogenated alkanes) is 1.